The minimum Gasteiger partial charge on any atom is -0.395 e. The summed E-state index contributed by atoms with van der Waals surface area (Å²) < 4.78 is 1.13. The fourth-order valence-corrected chi connectivity index (χ4v) is 1.67. The molecular weight excluding hydrogens is 331 g/mol. The molecule has 3 N–H and O–H groups in total. The highest BCUT2D eigenvalue weighted by Gasteiger charge is 2.07. The Bertz CT molecular complexity index is 350. The molecule has 1 aromatic carbocycles. The van der Waals surface area contributed by atoms with Gasteiger partial charge in [0.25, 0.3) is 0 Å². The van der Waals surface area contributed by atoms with Gasteiger partial charge in [0, 0.05) is 15.3 Å². The summed E-state index contributed by atoms with van der Waals surface area (Å²) in [6.45, 7) is 2.23. The lowest BCUT2D eigenvalue weighted by molar-refractivity contribution is -0.115. The second-order valence-electron chi connectivity index (χ2n) is 3.72. The lowest BCUT2D eigenvalue weighted by Gasteiger charge is -2.13. The van der Waals surface area contributed by atoms with Crippen molar-refractivity contribution in [3.63, 3.8) is 0 Å². The third-order valence-corrected chi connectivity index (χ3v) is 3.11. The Hall–Kier alpha value is -0.660. The van der Waals surface area contributed by atoms with Gasteiger partial charge in [0.15, 0.2) is 0 Å². The highest BCUT2D eigenvalue weighted by molar-refractivity contribution is 14.1. The van der Waals surface area contributed by atoms with Crippen molar-refractivity contribution in [3.8, 4) is 0 Å². The number of aliphatic hydroxyl groups is 1. The largest absolute Gasteiger partial charge is 0.395 e. The molecule has 0 fully saturated rings. The monoisotopic (exact) mass is 348 g/mol. The number of rotatable bonds is 6. The zero-order valence-corrected chi connectivity index (χ0v) is 11.9. The SMILES string of the molecule is CC[C@H](CO)NCC(=O)Nc1ccc(I)cc1. The molecule has 0 heterocycles. The van der Waals surface area contributed by atoms with Crippen molar-refractivity contribution in [2.45, 2.75) is 19.4 Å². The number of nitrogens with one attached hydrogen (secondary N) is 2. The van der Waals surface area contributed by atoms with Crippen molar-refractivity contribution in [1.82, 2.24) is 5.32 Å². The predicted molar refractivity (Wildman–Crippen MR) is 77.0 cm³/mol. The molecule has 0 aliphatic carbocycles. The number of carbonyl (C=O) groups excluding carboxylic acids is 1. The molecular formula is C12H17IN2O2. The van der Waals surface area contributed by atoms with Gasteiger partial charge in [-0.3, -0.25) is 4.79 Å². The van der Waals surface area contributed by atoms with E-state index in [1.807, 2.05) is 31.2 Å². The van der Waals surface area contributed by atoms with Crippen LogP contribution in [0.1, 0.15) is 13.3 Å². The lowest BCUT2D eigenvalue weighted by atomic mass is 10.2. The Labute approximate surface area is 115 Å². The molecule has 0 aliphatic rings. The quantitative estimate of drug-likeness (QED) is 0.685. The van der Waals surface area contributed by atoms with Crippen molar-refractivity contribution in [2.75, 3.05) is 18.5 Å². The average molecular weight is 348 g/mol. The molecule has 0 bridgehead atoms. The summed E-state index contributed by atoms with van der Waals surface area (Å²) in [5.74, 6) is -0.0990. The first-order valence-electron chi connectivity index (χ1n) is 5.55. The Morgan fingerprint density at radius 1 is 1.41 bits per heavy atom. The molecule has 1 rings (SSSR count). The number of amides is 1. The summed E-state index contributed by atoms with van der Waals surface area (Å²) in [5.41, 5.74) is 0.786. The average Bonchev–Trinajstić information content (AvgIpc) is 2.33. The van der Waals surface area contributed by atoms with Crippen LogP contribution in [0.3, 0.4) is 0 Å². The normalized spacial score (nSPS) is 12.2. The summed E-state index contributed by atoms with van der Waals surface area (Å²) in [7, 11) is 0. The van der Waals surface area contributed by atoms with Gasteiger partial charge in [0.05, 0.1) is 13.2 Å². The minimum atomic E-state index is -0.0990. The summed E-state index contributed by atoms with van der Waals surface area (Å²) in [6.07, 6.45) is 0.799. The van der Waals surface area contributed by atoms with Gasteiger partial charge in [-0.1, -0.05) is 6.92 Å². The lowest BCUT2D eigenvalue weighted by Crippen LogP contribution is -2.37. The van der Waals surface area contributed by atoms with Crippen LogP contribution < -0.4 is 10.6 Å². The van der Waals surface area contributed by atoms with Crippen LogP contribution in [0.5, 0.6) is 0 Å². The molecule has 1 atom stereocenters. The van der Waals surface area contributed by atoms with Crippen molar-refractivity contribution in [2.24, 2.45) is 0 Å². The van der Waals surface area contributed by atoms with E-state index in [0.29, 0.717) is 0 Å². The Kier molecular flexibility index (Phi) is 6.46. The fraction of sp³-hybridized carbons (Fsp3) is 0.417. The molecule has 0 saturated heterocycles. The van der Waals surface area contributed by atoms with Gasteiger partial charge < -0.3 is 15.7 Å². The topological polar surface area (TPSA) is 61.4 Å². The van der Waals surface area contributed by atoms with Crippen molar-refractivity contribution < 1.29 is 9.90 Å². The molecule has 0 saturated carbocycles. The van der Waals surface area contributed by atoms with Gasteiger partial charge in [0.2, 0.25) is 5.91 Å². The van der Waals surface area contributed by atoms with Gasteiger partial charge in [-0.15, -0.1) is 0 Å². The highest BCUT2D eigenvalue weighted by Crippen LogP contribution is 2.10. The van der Waals surface area contributed by atoms with E-state index >= 15 is 0 Å². The van der Waals surface area contributed by atoms with Gasteiger partial charge >= 0.3 is 0 Å². The summed E-state index contributed by atoms with van der Waals surface area (Å²) in [5, 5.41) is 14.7. The van der Waals surface area contributed by atoms with E-state index in [2.05, 4.69) is 33.2 Å². The van der Waals surface area contributed by atoms with Gasteiger partial charge in [0.1, 0.15) is 0 Å². The van der Waals surface area contributed by atoms with Gasteiger partial charge in [-0.05, 0) is 53.3 Å². The maximum atomic E-state index is 11.6. The third kappa shape index (κ3) is 5.47. The summed E-state index contributed by atoms with van der Waals surface area (Å²) >= 11 is 2.21. The molecule has 94 valence electrons. The van der Waals surface area contributed by atoms with E-state index in [9.17, 15) is 4.79 Å². The standard InChI is InChI=1S/C12H17IN2O2/c1-2-10(8-16)14-7-12(17)15-11-5-3-9(13)4-6-11/h3-6,10,14,16H,2,7-8H2,1H3,(H,15,17)/t10-/m1/s1. The van der Waals surface area contributed by atoms with Crippen LogP contribution in [0.2, 0.25) is 0 Å². The zero-order chi connectivity index (χ0) is 12.7. The molecule has 0 aromatic heterocycles. The van der Waals surface area contributed by atoms with E-state index in [1.165, 1.54) is 0 Å². The van der Waals surface area contributed by atoms with E-state index in [-0.39, 0.29) is 25.1 Å². The fourth-order valence-electron chi connectivity index (χ4n) is 1.31. The maximum absolute atomic E-state index is 11.6. The van der Waals surface area contributed by atoms with E-state index in [1.54, 1.807) is 0 Å². The highest BCUT2D eigenvalue weighted by atomic mass is 127. The van der Waals surface area contributed by atoms with Crippen molar-refractivity contribution in [3.05, 3.63) is 27.8 Å². The second-order valence-corrected chi connectivity index (χ2v) is 4.97. The maximum Gasteiger partial charge on any atom is 0.238 e. The Morgan fingerprint density at radius 2 is 2.06 bits per heavy atom. The van der Waals surface area contributed by atoms with Crippen LogP contribution in [-0.4, -0.2) is 30.2 Å². The molecule has 1 aromatic rings. The number of carbonyl (C=O) groups is 1. The van der Waals surface area contributed by atoms with E-state index in [0.717, 1.165) is 15.7 Å². The summed E-state index contributed by atoms with van der Waals surface area (Å²) in [4.78, 5) is 11.6. The van der Waals surface area contributed by atoms with Crippen LogP contribution in [0, 0.1) is 3.57 Å². The molecule has 0 unspecified atom stereocenters. The van der Waals surface area contributed by atoms with Gasteiger partial charge in [-0.2, -0.15) is 0 Å². The van der Waals surface area contributed by atoms with Crippen LogP contribution in [0.4, 0.5) is 5.69 Å². The number of anilines is 1. The zero-order valence-electron chi connectivity index (χ0n) is 9.74. The van der Waals surface area contributed by atoms with E-state index in [4.69, 9.17) is 5.11 Å². The minimum absolute atomic E-state index is 0.0162. The molecule has 0 aliphatic heterocycles. The second kappa shape index (κ2) is 7.62. The molecule has 4 nitrogen and oxygen atoms in total. The van der Waals surface area contributed by atoms with Gasteiger partial charge in [-0.25, -0.2) is 0 Å². The predicted octanol–water partition coefficient (Wildman–Crippen LogP) is 1.59. The van der Waals surface area contributed by atoms with Crippen molar-refractivity contribution in [1.29, 1.82) is 0 Å². The first-order valence-corrected chi connectivity index (χ1v) is 6.63. The number of aliphatic hydroxyl groups excluding tert-OH is 1. The van der Waals surface area contributed by atoms with Crippen LogP contribution in [0.25, 0.3) is 0 Å². The molecule has 5 heteroatoms. The molecule has 17 heavy (non-hydrogen) atoms. The van der Waals surface area contributed by atoms with E-state index < -0.39 is 0 Å². The number of halogens is 1. The number of benzene rings is 1. The molecule has 0 spiro atoms. The first-order chi connectivity index (χ1) is 8.15. The Balaban J connectivity index is 2.37. The van der Waals surface area contributed by atoms with Crippen molar-refractivity contribution >= 4 is 34.2 Å². The Morgan fingerprint density at radius 3 is 2.59 bits per heavy atom. The number of hydrogen-bond acceptors (Lipinski definition) is 3. The first kappa shape index (κ1) is 14.4. The van der Waals surface area contributed by atoms with Crippen LogP contribution in [-0.2, 0) is 4.79 Å². The molecule has 0 radical (unpaired) electrons. The number of hydrogen-bond donors (Lipinski definition) is 3. The van der Waals surface area contributed by atoms with Crippen LogP contribution >= 0.6 is 22.6 Å². The van der Waals surface area contributed by atoms with Crippen LogP contribution in [0.15, 0.2) is 24.3 Å². The smallest absolute Gasteiger partial charge is 0.238 e. The molecule has 1 amide bonds. The summed E-state index contributed by atoms with van der Waals surface area (Å²) in [6, 6.07) is 7.59. The third-order valence-electron chi connectivity index (χ3n) is 2.39.